The number of rotatable bonds is 11. The lowest BCUT2D eigenvalue weighted by atomic mass is 9.87. The van der Waals surface area contributed by atoms with Gasteiger partial charge in [0, 0.05) is 23.9 Å². The Hall–Kier alpha value is -4.20. The molecule has 0 bridgehead atoms. The topological polar surface area (TPSA) is 173 Å². The normalized spacial score (nSPS) is 24.2. The maximum Gasteiger partial charge on any atom is 0.408 e. The molecule has 3 N–H and O–H groups in total. The van der Waals surface area contributed by atoms with E-state index in [1.54, 1.807) is 27.0 Å². The van der Waals surface area contributed by atoms with E-state index in [1.165, 1.54) is 11.0 Å². The van der Waals surface area contributed by atoms with Crippen LogP contribution < -0.4 is 20.1 Å². The van der Waals surface area contributed by atoms with E-state index in [1.807, 2.05) is 52.0 Å². The highest BCUT2D eigenvalue weighted by Crippen LogP contribution is 2.45. The minimum Gasteiger partial charge on any atom is -0.472 e. The van der Waals surface area contributed by atoms with Gasteiger partial charge in [-0.15, -0.1) is 6.58 Å². The average Bonchev–Trinajstić information content (AvgIpc) is 3.92. The summed E-state index contributed by atoms with van der Waals surface area (Å²) in [5.41, 5.74) is -1.82. The van der Waals surface area contributed by atoms with Gasteiger partial charge in [0.05, 0.1) is 11.8 Å². The van der Waals surface area contributed by atoms with E-state index < -0.39 is 79.7 Å². The third-order valence-corrected chi connectivity index (χ3v) is 11.0. The van der Waals surface area contributed by atoms with Crippen molar-refractivity contribution in [2.45, 2.75) is 115 Å². The number of carbonyl (C=O) groups is 4. The van der Waals surface area contributed by atoms with E-state index in [0.29, 0.717) is 18.7 Å². The first-order chi connectivity index (χ1) is 23.2. The summed E-state index contributed by atoms with van der Waals surface area (Å²) in [5, 5.41) is 6.60. The molecule has 1 aromatic carbocycles. The number of likely N-dealkylation sites (tertiary alicyclic amines) is 1. The van der Waals surface area contributed by atoms with Crippen LogP contribution in [0.3, 0.4) is 0 Å². The van der Waals surface area contributed by atoms with Gasteiger partial charge in [0.15, 0.2) is 0 Å². The zero-order valence-corrected chi connectivity index (χ0v) is 30.7. The molecule has 1 unspecified atom stereocenters. The van der Waals surface area contributed by atoms with Crippen LogP contribution in [0, 0.1) is 18.3 Å². The van der Waals surface area contributed by atoms with Crippen molar-refractivity contribution in [2.24, 2.45) is 11.3 Å². The van der Waals surface area contributed by atoms with Crippen molar-refractivity contribution in [2.75, 3.05) is 6.54 Å². The monoisotopic (exact) mass is 711 g/mol. The molecule has 0 radical (unpaired) electrons. The molecule has 2 aromatic rings. The molecule has 3 fully saturated rings. The van der Waals surface area contributed by atoms with Crippen LogP contribution >= 0.6 is 0 Å². The van der Waals surface area contributed by atoms with Crippen molar-refractivity contribution in [3.05, 3.63) is 48.7 Å². The predicted molar refractivity (Wildman–Crippen MR) is 188 cm³/mol. The number of sulfonamides is 1. The number of alkyl carbamates (subject to hydrolysis) is 1. The van der Waals surface area contributed by atoms with E-state index in [4.69, 9.17) is 9.47 Å². The zero-order chi connectivity index (χ0) is 36.8. The second kappa shape index (κ2) is 13.5. The van der Waals surface area contributed by atoms with Gasteiger partial charge in [-0.2, -0.15) is 0 Å². The fourth-order valence-electron chi connectivity index (χ4n) is 6.48. The molecule has 4 amide bonds. The van der Waals surface area contributed by atoms with Crippen molar-refractivity contribution in [3.63, 3.8) is 0 Å². The summed E-state index contributed by atoms with van der Waals surface area (Å²) in [4.78, 5) is 60.9. The molecule has 2 saturated carbocycles. The second-order valence-electron chi connectivity index (χ2n) is 15.9. The molecule has 2 heterocycles. The molecule has 5 atom stereocenters. The van der Waals surface area contributed by atoms with Gasteiger partial charge in [-0.25, -0.2) is 18.2 Å². The predicted octanol–water partition coefficient (Wildman–Crippen LogP) is 3.89. The van der Waals surface area contributed by atoms with Gasteiger partial charge < -0.3 is 25.0 Å². The molecule has 1 aromatic heterocycles. The average molecular weight is 712 g/mol. The Balaban J connectivity index is 1.45. The van der Waals surface area contributed by atoms with Crippen molar-refractivity contribution in [3.8, 4) is 5.88 Å². The van der Waals surface area contributed by atoms with Gasteiger partial charge in [0.1, 0.15) is 29.3 Å². The van der Waals surface area contributed by atoms with Gasteiger partial charge in [0.2, 0.25) is 27.7 Å². The molecule has 50 heavy (non-hydrogen) atoms. The lowest BCUT2D eigenvalue weighted by Crippen LogP contribution is -2.58. The number of hydrogen-bond acceptors (Lipinski definition) is 9. The van der Waals surface area contributed by atoms with Crippen LogP contribution in [0.25, 0.3) is 10.8 Å². The van der Waals surface area contributed by atoms with Crippen molar-refractivity contribution in [1.82, 2.24) is 25.2 Å². The molecule has 0 spiro atoms. The molecular weight excluding hydrogens is 662 g/mol. The first-order valence-electron chi connectivity index (χ1n) is 17.0. The van der Waals surface area contributed by atoms with Gasteiger partial charge in [-0.3, -0.25) is 19.1 Å². The summed E-state index contributed by atoms with van der Waals surface area (Å²) in [6, 6.07) is 5.50. The number of pyridine rings is 1. The number of nitrogens with one attached hydrogen (secondary N) is 3. The van der Waals surface area contributed by atoms with Gasteiger partial charge in [-0.1, -0.05) is 45.0 Å². The van der Waals surface area contributed by atoms with E-state index in [9.17, 15) is 27.6 Å². The van der Waals surface area contributed by atoms with E-state index in [0.717, 1.165) is 16.3 Å². The zero-order valence-electron chi connectivity index (χ0n) is 29.9. The summed E-state index contributed by atoms with van der Waals surface area (Å²) in [6.07, 6.45) is 3.04. The molecule has 2 aliphatic carbocycles. The van der Waals surface area contributed by atoms with Crippen LogP contribution in [0.15, 0.2) is 43.1 Å². The van der Waals surface area contributed by atoms with Crippen molar-refractivity contribution >= 4 is 44.6 Å². The minimum absolute atomic E-state index is 0.0162. The van der Waals surface area contributed by atoms with Crippen LogP contribution in [-0.2, 0) is 29.1 Å². The standard InChI is InChI=1S/C36H49N5O8S/c1-9-23-18-36(23,32(44)40-50(46,47)25-13-14-25)39-29(42)27-17-24(48-30-28-21(2)11-10-12-22(28)15-16-37-30)20-41(27)31(43)26(19-34(3,4)5)38-33(45)49-35(6,7)8/h9-12,15-16,23-27H,1,13-14,17-20H2,2-8H3,(H,38,45)(H,39,42)(H,40,44)/t23-,24-,26?,27+,36-/m1/s1. The van der Waals surface area contributed by atoms with Crippen LogP contribution in [-0.4, -0.2) is 83.2 Å². The number of nitrogens with zero attached hydrogens (tertiary/aromatic N) is 2. The van der Waals surface area contributed by atoms with Gasteiger partial charge in [0.25, 0.3) is 5.91 Å². The maximum absolute atomic E-state index is 14.4. The number of benzene rings is 1. The largest absolute Gasteiger partial charge is 0.472 e. The quantitative estimate of drug-likeness (QED) is 0.293. The van der Waals surface area contributed by atoms with Crippen LogP contribution in [0.5, 0.6) is 5.88 Å². The lowest BCUT2D eigenvalue weighted by molar-refractivity contribution is -0.141. The fraction of sp³-hybridized carbons (Fsp3) is 0.583. The number of fused-ring (bicyclic) bond motifs is 1. The van der Waals surface area contributed by atoms with Crippen LogP contribution in [0.4, 0.5) is 4.79 Å². The molecular formula is C36H49N5O8S. The Labute approximate surface area is 294 Å². The van der Waals surface area contributed by atoms with Crippen molar-refractivity contribution in [1.29, 1.82) is 0 Å². The summed E-state index contributed by atoms with van der Waals surface area (Å²) >= 11 is 0. The Morgan fingerprint density at radius 2 is 1.82 bits per heavy atom. The highest BCUT2D eigenvalue weighted by Gasteiger charge is 2.62. The number of carbonyl (C=O) groups excluding carboxylic acids is 4. The SMILES string of the molecule is C=C[C@@H]1C[C@]1(NC(=O)[C@@H]1C[C@@H](Oc2nccc3cccc(C)c23)CN1C(=O)C(CC(C)(C)C)NC(=O)OC(C)(C)C)C(=O)NS(=O)(=O)C1CC1. The molecule has 272 valence electrons. The number of amides is 4. The summed E-state index contributed by atoms with van der Waals surface area (Å²) in [6.45, 7) is 16.6. The first kappa shape index (κ1) is 37.1. The lowest BCUT2D eigenvalue weighted by Gasteiger charge is -2.32. The molecule has 5 rings (SSSR count). The number of hydrogen-bond donors (Lipinski definition) is 3. The summed E-state index contributed by atoms with van der Waals surface area (Å²) in [5.74, 6) is -2.17. The Bertz CT molecular complexity index is 1790. The van der Waals surface area contributed by atoms with Crippen LogP contribution in [0.2, 0.25) is 0 Å². The molecule has 13 nitrogen and oxygen atoms in total. The number of ether oxygens (including phenoxy) is 2. The highest BCUT2D eigenvalue weighted by molar-refractivity contribution is 7.91. The molecule has 3 aliphatic rings. The highest BCUT2D eigenvalue weighted by atomic mass is 32.2. The third kappa shape index (κ3) is 8.39. The van der Waals surface area contributed by atoms with E-state index in [2.05, 4.69) is 26.9 Å². The van der Waals surface area contributed by atoms with Crippen LogP contribution in [0.1, 0.15) is 79.2 Å². The van der Waals surface area contributed by atoms with Crippen molar-refractivity contribution < 1.29 is 37.1 Å². The Morgan fingerprint density at radius 1 is 1.12 bits per heavy atom. The fourth-order valence-corrected chi connectivity index (χ4v) is 7.84. The van der Waals surface area contributed by atoms with E-state index >= 15 is 0 Å². The third-order valence-electron chi connectivity index (χ3n) is 9.15. The minimum atomic E-state index is -3.89. The Kier molecular flexibility index (Phi) is 10.0. The first-order valence-corrected chi connectivity index (χ1v) is 18.6. The molecule has 1 saturated heterocycles. The summed E-state index contributed by atoms with van der Waals surface area (Å²) < 4.78 is 39.4. The molecule has 14 heteroatoms. The summed E-state index contributed by atoms with van der Waals surface area (Å²) in [7, 11) is -3.89. The van der Waals surface area contributed by atoms with Gasteiger partial charge >= 0.3 is 6.09 Å². The molecule has 1 aliphatic heterocycles. The Morgan fingerprint density at radius 3 is 2.42 bits per heavy atom. The maximum atomic E-state index is 14.4. The van der Waals surface area contributed by atoms with E-state index in [-0.39, 0.29) is 25.8 Å². The number of aromatic nitrogens is 1. The number of aryl methyl sites for hydroxylation is 1. The smallest absolute Gasteiger partial charge is 0.408 e. The van der Waals surface area contributed by atoms with Gasteiger partial charge in [-0.05, 0) is 75.8 Å². The second-order valence-corrected chi connectivity index (χ2v) is 17.9.